The summed E-state index contributed by atoms with van der Waals surface area (Å²) in [7, 11) is -0.270. The van der Waals surface area contributed by atoms with Gasteiger partial charge >= 0.3 is 0 Å². The van der Waals surface area contributed by atoms with E-state index in [0.717, 1.165) is 31.5 Å². The molecule has 1 aliphatic heterocycles. The first-order valence-electron chi connectivity index (χ1n) is 9.22. The number of sulfone groups is 1. The maximum absolute atomic E-state index is 12.5. The molecular weight excluding hydrogens is 414 g/mol. The first-order valence-corrected chi connectivity index (χ1v) is 11.9. The van der Waals surface area contributed by atoms with Crippen molar-refractivity contribution in [2.75, 3.05) is 45.4 Å². The van der Waals surface area contributed by atoms with Crippen LogP contribution >= 0.6 is 24.4 Å². The smallest absolute Gasteiger partial charge is 0.175 e. The molecule has 28 heavy (non-hydrogen) atoms. The lowest BCUT2D eigenvalue weighted by Crippen LogP contribution is -2.46. The van der Waals surface area contributed by atoms with Gasteiger partial charge in [0.15, 0.2) is 20.7 Å². The number of nitrogens with zero attached hydrogens (tertiary/aromatic N) is 3. The van der Waals surface area contributed by atoms with Crippen LogP contribution < -0.4 is 0 Å². The third-order valence-corrected chi connectivity index (χ3v) is 7.17. The molecule has 0 unspecified atom stereocenters. The normalized spacial score (nSPS) is 14.4. The molecule has 0 saturated carbocycles. The summed E-state index contributed by atoms with van der Waals surface area (Å²) in [5.74, 6) is -1.20. The summed E-state index contributed by atoms with van der Waals surface area (Å²) >= 11 is 10.8. The average Bonchev–Trinajstić information content (AvgIpc) is 2.67. The highest BCUT2D eigenvalue weighted by atomic mass is 32.2. The number of likely N-dealkylation sites (tertiary alicyclic amines) is 1. The first kappa shape index (κ1) is 22.7. The van der Waals surface area contributed by atoms with Gasteiger partial charge < -0.3 is 14.7 Å². The number of carbonyl (C=O) groups is 1. The second kappa shape index (κ2) is 10.3. The molecule has 0 aromatic heterocycles. The first-order chi connectivity index (χ1) is 13.2. The van der Waals surface area contributed by atoms with Crippen LogP contribution in [0, 0.1) is 0 Å². The second-order valence-corrected chi connectivity index (χ2v) is 9.90. The highest BCUT2D eigenvalue weighted by Crippen LogP contribution is 2.11. The van der Waals surface area contributed by atoms with E-state index in [-0.39, 0.29) is 18.2 Å². The van der Waals surface area contributed by atoms with E-state index in [1.54, 1.807) is 19.0 Å². The van der Waals surface area contributed by atoms with Crippen LogP contribution in [0.3, 0.4) is 0 Å². The third kappa shape index (κ3) is 6.79. The van der Waals surface area contributed by atoms with Crippen LogP contribution in [0.2, 0.25) is 0 Å². The minimum absolute atomic E-state index is 0.0125. The SMILES string of the molecule is CN(CS(=O)(=O)CC(=O)CN(C)C(=S)N1CCCCC1)C(=S)c1ccccc1. The maximum Gasteiger partial charge on any atom is 0.175 e. The third-order valence-electron chi connectivity index (χ3n) is 4.51. The van der Waals surface area contributed by atoms with E-state index in [1.807, 2.05) is 30.3 Å². The van der Waals surface area contributed by atoms with Crippen LogP contribution in [0.4, 0.5) is 0 Å². The summed E-state index contributed by atoms with van der Waals surface area (Å²) in [6, 6.07) is 9.20. The van der Waals surface area contributed by atoms with Crippen molar-refractivity contribution in [1.82, 2.24) is 14.7 Å². The number of carbonyl (C=O) groups excluding carboxylic acids is 1. The van der Waals surface area contributed by atoms with Gasteiger partial charge in [-0.25, -0.2) is 8.42 Å². The van der Waals surface area contributed by atoms with Gasteiger partial charge in [-0.15, -0.1) is 0 Å². The summed E-state index contributed by atoms with van der Waals surface area (Å²) in [5, 5.41) is 0.604. The topological polar surface area (TPSA) is 60.9 Å². The van der Waals surface area contributed by atoms with Crippen molar-refractivity contribution in [3.05, 3.63) is 35.9 Å². The van der Waals surface area contributed by atoms with Crippen molar-refractivity contribution in [3.8, 4) is 0 Å². The lowest BCUT2D eigenvalue weighted by Gasteiger charge is -2.33. The van der Waals surface area contributed by atoms with E-state index in [9.17, 15) is 13.2 Å². The van der Waals surface area contributed by atoms with Crippen LogP contribution in [0.25, 0.3) is 0 Å². The minimum Gasteiger partial charge on any atom is -0.351 e. The highest BCUT2D eigenvalue weighted by Gasteiger charge is 2.23. The molecule has 1 aromatic rings. The summed E-state index contributed by atoms with van der Waals surface area (Å²) < 4.78 is 24.9. The highest BCUT2D eigenvalue weighted by molar-refractivity contribution is 7.92. The fourth-order valence-electron chi connectivity index (χ4n) is 3.15. The Kier molecular flexibility index (Phi) is 8.33. The number of piperidine rings is 1. The van der Waals surface area contributed by atoms with Crippen molar-refractivity contribution < 1.29 is 13.2 Å². The number of likely N-dealkylation sites (N-methyl/N-ethyl adjacent to an activating group) is 1. The van der Waals surface area contributed by atoms with Gasteiger partial charge in [0, 0.05) is 32.7 Å². The van der Waals surface area contributed by atoms with Crippen molar-refractivity contribution in [1.29, 1.82) is 0 Å². The van der Waals surface area contributed by atoms with Gasteiger partial charge in [-0.1, -0.05) is 42.5 Å². The van der Waals surface area contributed by atoms with E-state index in [4.69, 9.17) is 24.4 Å². The minimum atomic E-state index is -3.62. The van der Waals surface area contributed by atoms with Gasteiger partial charge in [0.25, 0.3) is 0 Å². The molecule has 0 radical (unpaired) electrons. The molecule has 0 bridgehead atoms. The number of thiocarbonyl (C=S) groups is 2. The molecule has 1 aliphatic rings. The molecule has 0 aliphatic carbocycles. The van der Waals surface area contributed by atoms with Crippen molar-refractivity contribution >= 4 is 50.2 Å². The molecule has 9 heteroatoms. The van der Waals surface area contributed by atoms with Crippen molar-refractivity contribution in [2.24, 2.45) is 0 Å². The maximum atomic E-state index is 12.5. The van der Waals surface area contributed by atoms with Gasteiger partial charge in [-0.2, -0.15) is 0 Å². The van der Waals surface area contributed by atoms with Crippen LogP contribution in [-0.4, -0.2) is 84.4 Å². The second-order valence-electron chi connectivity index (χ2n) is 7.11. The average molecular weight is 442 g/mol. The molecule has 0 amide bonds. The lowest BCUT2D eigenvalue weighted by molar-refractivity contribution is -0.116. The summed E-state index contributed by atoms with van der Waals surface area (Å²) in [6.07, 6.45) is 3.37. The quantitative estimate of drug-likeness (QED) is 0.595. The predicted octanol–water partition coefficient (Wildman–Crippen LogP) is 1.94. The number of hydrogen-bond donors (Lipinski definition) is 0. The number of ketones is 1. The number of Topliss-reactive ketones (excluding diaryl/α,β-unsaturated/α-hetero) is 1. The zero-order chi connectivity index (χ0) is 20.7. The Morgan fingerprint density at radius 2 is 1.64 bits per heavy atom. The molecule has 1 heterocycles. The van der Waals surface area contributed by atoms with Gasteiger partial charge in [-0.05, 0) is 31.5 Å². The Hall–Kier alpha value is -1.58. The van der Waals surface area contributed by atoms with Gasteiger partial charge in [-0.3, -0.25) is 4.79 Å². The van der Waals surface area contributed by atoms with Crippen LogP contribution in [0.1, 0.15) is 24.8 Å². The molecule has 0 atom stereocenters. The van der Waals surface area contributed by atoms with Gasteiger partial charge in [0.2, 0.25) is 0 Å². The van der Waals surface area contributed by atoms with Gasteiger partial charge in [0.05, 0.1) is 6.54 Å². The zero-order valence-electron chi connectivity index (χ0n) is 16.3. The monoisotopic (exact) mass is 441 g/mol. The van der Waals surface area contributed by atoms with E-state index >= 15 is 0 Å². The molecule has 154 valence electrons. The summed E-state index contributed by atoms with van der Waals surface area (Å²) in [6.45, 7) is 1.76. The summed E-state index contributed by atoms with van der Waals surface area (Å²) in [4.78, 5) is 18.0. The number of benzene rings is 1. The molecule has 2 rings (SSSR count). The fourth-order valence-corrected chi connectivity index (χ4v) is 5.07. The standard InChI is InChI=1S/C19H27N3O3S3/c1-20(19(27)22-11-7-4-8-12-22)13-17(23)14-28(24,25)15-21(2)18(26)16-9-5-3-6-10-16/h3,5-6,9-10H,4,7-8,11-15H2,1-2H3. The Balaban J connectivity index is 1.87. The Morgan fingerprint density at radius 1 is 1.04 bits per heavy atom. The number of hydrogen-bond acceptors (Lipinski definition) is 5. The van der Waals surface area contributed by atoms with Gasteiger partial charge in [0.1, 0.15) is 16.6 Å². The number of rotatable bonds is 7. The molecule has 0 N–H and O–H groups in total. The van der Waals surface area contributed by atoms with Crippen molar-refractivity contribution in [2.45, 2.75) is 19.3 Å². The van der Waals surface area contributed by atoms with Crippen LogP contribution in [0.15, 0.2) is 30.3 Å². The van der Waals surface area contributed by atoms with E-state index in [0.29, 0.717) is 10.1 Å². The molecule has 1 saturated heterocycles. The Morgan fingerprint density at radius 3 is 2.25 bits per heavy atom. The largest absolute Gasteiger partial charge is 0.351 e. The predicted molar refractivity (Wildman–Crippen MR) is 120 cm³/mol. The molecule has 0 spiro atoms. The Labute approximate surface area is 178 Å². The molecule has 1 aromatic carbocycles. The fraction of sp³-hybridized carbons (Fsp3) is 0.526. The van der Waals surface area contributed by atoms with Crippen LogP contribution in [-0.2, 0) is 14.6 Å². The van der Waals surface area contributed by atoms with Crippen LogP contribution in [0.5, 0.6) is 0 Å². The summed E-state index contributed by atoms with van der Waals surface area (Å²) in [5.41, 5.74) is 0.771. The lowest BCUT2D eigenvalue weighted by atomic mass is 10.1. The zero-order valence-corrected chi connectivity index (χ0v) is 18.8. The van der Waals surface area contributed by atoms with Crippen molar-refractivity contribution in [3.63, 3.8) is 0 Å². The molecule has 6 nitrogen and oxygen atoms in total. The van der Waals surface area contributed by atoms with E-state index in [1.165, 1.54) is 11.3 Å². The van der Waals surface area contributed by atoms with E-state index < -0.39 is 15.6 Å². The molecule has 1 fully saturated rings. The Bertz CT molecular complexity index is 806. The molecular formula is C19H27N3O3S3. The van der Waals surface area contributed by atoms with E-state index in [2.05, 4.69) is 4.90 Å².